The van der Waals surface area contributed by atoms with Gasteiger partial charge >= 0.3 is 5.97 Å². The van der Waals surface area contributed by atoms with Gasteiger partial charge in [-0.3, -0.25) is 0 Å². The van der Waals surface area contributed by atoms with E-state index in [1.54, 1.807) is 0 Å². The van der Waals surface area contributed by atoms with Crippen LogP contribution >= 0.6 is 0 Å². The SMILES string of the molecule is COC(=O)C1=C(O[Si](C)(C)C(C)(C)C)C[C@H]2C=C[C@@H]1O2. The molecule has 20 heavy (non-hydrogen) atoms. The molecule has 2 rings (SSSR count). The summed E-state index contributed by atoms with van der Waals surface area (Å²) in [6.45, 7) is 10.9. The molecule has 2 aliphatic heterocycles. The lowest BCUT2D eigenvalue weighted by Crippen LogP contribution is -2.42. The molecule has 0 amide bonds. The fourth-order valence-corrected chi connectivity index (χ4v) is 3.25. The van der Waals surface area contributed by atoms with Crippen LogP contribution in [0.4, 0.5) is 0 Å². The molecule has 0 aromatic rings. The molecule has 2 heterocycles. The zero-order chi connectivity index (χ0) is 15.1. The van der Waals surface area contributed by atoms with E-state index in [1.807, 2.05) is 12.2 Å². The van der Waals surface area contributed by atoms with Gasteiger partial charge in [0.2, 0.25) is 8.32 Å². The Bertz CT molecular complexity index is 471. The van der Waals surface area contributed by atoms with Crippen molar-refractivity contribution in [1.29, 1.82) is 0 Å². The van der Waals surface area contributed by atoms with Crippen LogP contribution in [-0.2, 0) is 18.7 Å². The number of methoxy groups -OCH3 is 1. The van der Waals surface area contributed by atoms with Crippen LogP contribution in [-0.4, -0.2) is 33.6 Å². The minimum absolute atomic E-state index is 0.0215. The second-order valence-electron chi connectivity index (χ2n) is 6.87. The van der Waals surface area contributed by atoms with Crippen LogP contribution in [0.5, 0.6) is 0 Å². The predicted molar refractivity (Wildman–Crippen MR) is 79.7 cm³/mol. The minimum atomic E-state index is -1.97. The topological polar surface area (TPSA) is 44.8 Å². The first-order chi connectivity index (χ1) is 9.15. The lowest BCUT2D eigenvalue weighted by atomic mass is 10.1. The summed E-state index contributed by atoms with van der Waals surface area (Å²) < 4.78 is 17.0. The Balaban J connectivity index is 2.34. The largest absolute Gasteiger partial charge is 0.546 e. The van der Waals surface area contributed by atoms with Gasteiger partial charge in [0, 0.05) is 6.42 Å². The lowest BCUT2D eigenvalue weighted by Gasteiger charge is -2.39. The summed E-state index contributed by atoms with van der Waals surface area (Å²) in [5.74, 6) is 0.406. The number of carbonyl (C=O) groups is 1. The third kappa shape index (κ3) is 2.69. The molecule has 0 saturated carbocycles. The highest BCUT2D eigenvalue weighted by molar-refractivity contribution is 6.74. The first-order valence-electron chi connectivity index (χ1n) is 7.00. The number of fused-ring (bicyclic) bond motifs is 2. The fraction of sp³-hybridized carbons (Fsp3) is 0.667. The quantitative estimate of drug-likeness (QED) is 0.456. The van der Waals surface area contributed by atoms with Crippen molar-refractivity contribution >= 4 is 14.3 Å². The molecule has 0 unspecified atom stereocenters. The molecule has 0 radical (unpaired) electrons. The summed E-state index contributed by atoms with van der Waals surface area (Å²) in [5.41, 5.74) is 0.530. The fourth-order valence-electron chi connectivity index (χ4n) is 2.13. The molecule has 0 aromatic heterocycles. The van der Waals surface area contributed by atoms with Crippen LogP contribution in [0.15, 0.2) is 23.5 Å². The summed E-state index contributed by atoms with van der Waals surface area (Å²) in [4.78, 5) is 12.0. The van der Waals surface area contributed by atoms with Gasteiger partial charge in [0.25, 0.3) is 0 Å². The van der Waals surface area contributed by atoms with E-state index in [9.17, 15) is 4.79 Å². The van der Waals surface area contributed by atoms with E-state index in [2.05, 4.69) is 33.9 Å². The van der Waals surface area contributed by atoms with Gasteiger partial charge in [-0.25, -0.2) is 4.79 Å². The van der Waals surface area contributed by atoms with E-state index in [-0.39, 0.29) is 23.2 Å². The average Bonchev–Trinajstić information content (AvgIpc) is 2.69. The summed E-state index contributed by atoms with van der Waals surface area (Å²) in [7, 11) is -0.580. The normalized spacial score (nSPS) is 25.9. The molecule has 0 saturated heterocycles. The van der Waals surface area contributed by atoms with Crippen LogP contribution in [0.1, 0.15) is 27.2 Å². The van der Waals surface area contributed by atoms with Crippen LogP contribution in [0, 0.1) is 0 Å². The third-order valence-corrected chi connectivity index (χ3v) is 8.75. The molecule has 0 fully saturated rings. The van der Waals surface area contributed by atoms with Crippen molar-refractivity contribution in [1.82, 2.24) is 0 Å². The predicted octanol–water partition coefficient (Wildman–Crippen LogP) is 3.16. The molecule has 112 valence electrons. The summed E-state index contributed by atoms with van der Waals surface area (Å²) in [6.07, 6.45) is 4.23. The Morgan fingerprint density at radius 3 is 2.55 bits per heavy atom. The van der Waals surface area contributed by atoms with Gasteiger partial charge in [-0.15, -0.1) is 0 Å². The van der Waals surface area contributed by atoms with Crippen LogP contribution in [0.2, 0.25) is 18.1 Å². The highest BCUT2D eigenvalue weighted by Gasteiger charge is 2.43. The van der Waals surface area contributed by atoms with E-state index < -0.39 is 8.32 Å². The van der Waals surface area contributed by atoms with Crippen LogP contribution < -0.4 is 0 Å². The Morgan fingerprint density at radius 1 is 1.35 bits per heavy atom. The maximum absolute atomic E-state index is 12.0. The van der Waals surface area contributed by atoms with Gasteiger partial charge in [-0.2, -0.15) is 0 Å². The Morgan fingerprint density at radius 2 is 2.00 bits per heavy atom. The first kappa shape index (κ1) is 15.3. The molecule has 5 heteroatoms. The number of ether oxygens (including phenoxy) is 2. The highest BCUT2D eigenvalue weighted by Crippen LogP contribution is 2.41. The molecular weight excluding hydrogens is 272 g/mol. The van der Waals surface area contributed by atoms with Crippen molar-refractivity contribution in [2.45, 2.75) is 57.5 Å². The summed E-state index contributed by atoms with van der Waals surface area (Å²) in [5, 5.41) is 0.0893. The molecule has 0 aliphatic carbocycles. The second-order valence-corrected chi connectivity index (χ2v) is 11.6. The van der Waals surface area contributed by atoms with E-state index in [0.717, 1.165) is 5.76 Å². The van der Waals surface area contributed by atoms with Crippen molar-refractivity contribution < 1.29 is 18.7 Å². The zero-order valence-corrected chi connectivity index (χ0v) is 14.1. The molecule has 2 aliphatic rings. The summed E-state index contributed by atoms with van der Waals surface area (Å²) in [6, 6.07) is 0. The van der Waals surface area contributed by atoms with Gasteiger partial charge < -0.3 is 13.9 Å². The summed E-state index contributed by atoms with van der Waals surface area (Å²) >= 11 is 0. The van der Waals surface area contributed by atoms with Crippen molar-refractivity contribution in [3.63, 3.8) is 0 Å². The maximum Gasteiger partial charge on any atom is 0.340 e. The number of rotatable bonds is 3. The molecule has 0 aromatic carbocycles. The second kappa shape index (κ2) is 5.04. The van der Waals surface area contributed by atoms with Crippen molar-refractivity contribution in [2.24, 2.45) is 0 Å². The highest BCUT2D eigenvalue weighted by atomic mass is 28.4. The smallest absolute Gasteiger partial charge is 0.340 e. The van der Waals surface area contributed by atoms with Crippen molar-refractivity contribution in [3.05, 3.63) is 23.5 Å². The standard InChI is InChI=1S/C15H24O4Si/c1-15(2,3)20(5,6)19-12-9-10-7-8-11(18-10)13(12)14(16)17-4/h7-8,10-11H,9H2,1-6H3/t10-,11+/m1/s1. The van der Waals surface area contributed by atoms with E-state index >= 15 is 0 Å². The lowest BCUT2D eigenvalue weighted by molar-refractivity contribution is -0.138. The monoisotopic (exact) mass is 296 g/mol. The molecule has 0 spiro atoms. The van der Waals surface area contributed by atoms with E-state index in [0.29, 0.717) is 12.0 Å². The van der Waals surface area contributed by atoms with Gasteiger partial charge in [0.05, 0.1) is 19.0 Å². The Kier molecular flexibility index (Phi) is 3.86. The number of hydrogen-bond donors (Lipinski definition) is 0. The molecular formula is C15H24O4Si. The molecule has 4 nitrogen and oxygen atoms in total. The number of hydrogen-bond acceptors (Lipinski definition) is 4. The number of carbonyl (C=O) groups excluding carboxylic acids is 1. The van der Waals surface area contributed by atoms with Gasteiger partial charge in [-0.1, -0.05) is 32.9 Å². The van der Waals surface area contributed by atoms with Crippen LogP contribution in [0.25, 0.3) is 0 Å². The molecule has 2 atom stereocenters. The van der Waals surface area contributed by atoms with Gasteiger partial charge in [0.1, 0.15) is 11.7 Å². The molecule has 2 bridgehead atoms. The van der Waals surface area contributed by atoms with E-state index in [1.165, 1.54) is 7.11 Å². The van der Waals surface area contributed by atoms with Gasteiger partial charge in [-0.05, 0) is 18.1 Å². The first-order valence-corrected chi connectivity index (χ1v) is 9.90. The average molecular weight is 296 g/mol. The number of esters is 1. The van der Waals surface area contributed by atoms with Crippen LogP contribution in [0.3, 0.4) is 0 Å². The Hall–Kier alpha value is -1.07. The zero-order valence-electron chi connectivity index (χ0n) is 13.1. The minimum Gasteiger partial charge on any atom is -0.546 e. The Labute approximate surface area is 121 Å². The van der Waals surface area contributed by atoms with Crippen molar-refractivity contribution in [2.75, 3.05) is 7.11 Å². The third-order valence-electron chi connectivity index (χ3n) is 4.38. The maximum atomic E-state index is 12.0. The van der Waals surface area contributed by atoms with E-state index in [4.69, 9.17) is 13.9 Å². The van der Waals surface area contributed by atoms with Crippen molar-refractivity contribution in [3.8, 4) is 0 Å². The molecule has 0 N–H and O–H groups in total. The van der Waals surface area contributed by atoms with Gasteiger partial charge in [0.15, 0.2) is 0 Å².